The number of nitrogens with zero attached hydrogens (tertiary/aromatic N) is 2. The van der Waals surface area contributed by atoms with E-state index in [2.05, 4.69) is 5.10 Å². The second-order valence-corrected chi connectivity index (χ2v) is 11.3. The van der Waals surface area contributed by atoms with Crippen molar-refractivity contribution in [1.29, 1.82) is 0 Å². The summed E-state index contributed by atoms with van der Waals surface area (Å²) in [4.78, 5) is 37.5. The SMILES string of the molecule is CC1(C(=O)O)CCC(n2cc(C(=O)NC(CC(=O)c3c(F)cccc3Cl)C3(C(F)(F)F)CC3)c(C(F)(F)F)n2)CC1. The second kappa shape index (κ2) is 10.6. The van der Waals surface area contributed by atoms with Crippen molar-refractivity contribution in [2.45, 2.75) is 76.3 Å². The molecule has 2 aliphatic rings. The lowest BCUT2D eigenvalue weighted by atomic mass is 9.74. The van der Waals surface area contributed by atoms with E-state index in [1.165, 1.54) is 13.0 Å². The van der Waals surface area contributed by atoms with Gasteiger partial charge in [0.05, 0.1) is 39.1 Å². The fourth-order valence-electron chi connectivity index (χ4n) is 5.31. The maximum absolute atomic E-state index is 14.3. The number of amides is 1. The van der Waals surface area contributed by atoms with Crippen molar-refractivity contribution in [3.63, 3.8) is 0 Å². The summed E-state index contributed by atoms with van der Waals surface area (Å²) in [5, 5.41) is 14.5. The van der Waals surface area contributed by atoms with E-state index in [0.717, 1.165) is 23.0 Å². The fourth-order valence-corrected chi connectivity index (χ4v) is 5.58. The number of nitrogens with one attached hydrogen (secondary N) is 1. The van der Waals surface area contributed by atoms with Gasteiger partial charge in [-0.25, -0.2) is 4.39 Å². The normalized spacial score (nSPS) is 23.1. The van der Waals surface area contributed by atoms with Gasteiger partial charge >= 0.3 is 18.3 Å². The molecule has 1 aromatic heterocycles. The molecule has 2 fully saturated rings. The zero-order chi connectivity index (χ0) is 30.5. The number of aromatic nitrogens is 2. The number of rotatable bonds is 8. The lowest BCUT2D eigenvalue weighted by molar-refractivity contribution is -0.194. The number of carbonyl (C=O) groups excluding carboxylic acids is 2. The van der Waals surface area contributed by atoms with Crippen LogP contribution in [0.4, 0.5) is 30.7 Å². The molecule has 1 heterocycles. The molecule has 0 saturated heterocycles. The first-order valence-electron chi connectivity index (χ1n) is 12.6. The summed E-state index contributed by atoms with van der Waals surface area (Å²) in [7, 11) is 0. The van der Waals surface area contributed by atoms with Crippen LogP contribution in [0.1, 0.15) is 84.3 Å². The highest BCUT2D eigenvalue weighted by Gasteiger charge is 2.67. The number of benzene rings is 1. The Morgan fingerprint density at radius 2 is 1.73 bits per heavy atom. The predicted octanol–water partition coefficient (Wildman–Crippen LogP) is 6.61. The van der Waals surface area contributed by atoms with Gasteiger partial charge in [0, 0.05) is 12.6 Å². The molecule has 2 saturated carbocycles. The van der Waals surface area contributed by atoms with Gasteiger partial charge in [0.2, 0.25) is 0 Å². The molecule has 2 N–H and O–H groups in total. The van der Waals surface area contributed by atoms with Crippen LogP contribution in [0.25, 0.3) is 0 Å². The Bertz CT molecular complexity index is 1340. The maximum atomic E-state index is 14.3. The minimum atomic E-state index is -5.16. The van der Waals surface area contributed by atoms with Crippen LogP contribution in [0.15, 0.2) is 24.4 Å². The third-order valence-corrected chi connectivity index (χ3v) is 8.47. The van der Waals surface area contributed by atoms with E-state index in [9.17, 15) is 50.2 Å². The zero-order valence-electron chi connectivity index (χ0n) is 21.5. The number of carboxylic acid groups (broad SMARTS) is 1. The lowest BCUT2D eigenvalue weighted by Gasteiger charge is -2.33. The average Bonchev–Trinajstić information content (AvgIpc) is 3.55. The van der Waals surface area contributed by atoms with Gasteiger partial charge in [-0.05, 0) is 57.6 Å². The highest BCUT2D eigenvalue weighted by molar-refractivity contribution is 6.34. The summed E-state index contributed by atoms with van der Waals surface area (Å²) in [5.41, 5.74) is -7.06. The number of alkyl halides is 6. The van der Waals surface area contributed by atoms with Crippen LogP contribution in [0, 0.1) is 16.6 Å². The number of carboxylic acids is 1. The van der Waals surface area contributed by atoms with E-state index in [-0.39, 0.29) is 30.7 Å². The molecule has 41 heavy (non-hydrogen) atoms. The first-order chi connectivity index (χ1) is 18.9. The lowest BCUT2D eigenvalue weighted by Crippen LogP contribution is -2.49. The fraction of sp³-hybridized carbons (Fsp3) is 0.538. The van der Waals surface area contributed by atoms with E-state index < -0.39 is 94.8 Å². The van der Waals surface area contributed by atoms with Crippen molar-refractivity contribution in [2.24, 2.45) is 10.8 Å². The molecule has 2 aromatic rings. The van der Waals surface area contributed by atoms with E-state index in [4.69, 9.17) is 11.6 Å². The number of aliphatic carboxylic acids is 1. The van der Waals surface area contributed by atoms with Gasteiger partial charge in [0.25, 0.3) is 5.91 Å². The Balaban J connectivity index is 1.64. The summed E-state index contributed by atoms with van der Waals surface area (Å²) in [6.07, 6.45) is -10.9. The van der Waals surface area contributed by atoms with Gasteiger partial charge in [-0.1, -0.05) is 17.7 Å². The smallest absolute Gasteiger partial charge is 0.435 e. The Morgan fingerprint density at radius 1 is 1.12 bits per heavy atom. The first kappa shape index (κ1) is 30.8. The van der Waals surface area contributed by atoms with Gasteiger partial charge in [-0.2, -0.15) is 31.4 Å². The van der Waals surface area contributed by atoms with Gasteiger partial charge in [-0.3, -0.25) is 19.1 Å². The summed E-state index contributed by atoms with van der Waals surface area (Å²) in [6.45, 7) is 1.51. The summed E-state index contributed by atoms with van der Waals surface area (Å²) >= 11 is 5.87. The highest BCUT2D eigenvalue weighted by atomic mass is 35.5. The number of ketones is 1. The van der Waals surface area contributed by atoms with E-state index >= 15 is 0 Å². The van der Waals surface area contributed by atoms with Gasteiger partial charge in [-0.15, -0.1) is 0 Å². The molecule has 2 aliphatic carbocycles. The third kappa shape index (κ3) is 5.93. The number of carbonyl (C=O) groups is 3. The number of halogens is 8. The standard InChI is InChI=1S/C26H25ClF7N3O4/c1-23(22(40)41)7-5-13(6-8-23)37-12-14(20(36-37)25(29,30)31)21(39)35-18(24(9-10-24)26(32,33)34)11-17(38)19-15(27)3-2-4-16(19)28/h2-4,12-13,18H,5-11H2,1H3,(H,35,39)(H,40,41). The van der Waals surface area contributed by atoms with Gasteiger partial charge in [0.1, 0.15) is 5.82 Å². The minimum absolute atomic E-state index is 0.132. The molecule has 1 unspecified atom stereocenters. The largest absolute Gasteiger partial charge is 0.481 e. The molecule has 0 aliphatic heterocycles. The van der Waals surface area contributed by atoms with Crippen molar-refractivity contribution in [3.05, 3.63) is 52.1 Å². The second-order valence-electron chi connectivity index (χ2n) is 10.9. The van der Waals surface area contributed by atoms with E-state index in [1.54, 1.807) is 0 Å². The number of Topliss-reactive ketones (excluding diaryl/α,β-unsaturated/α-hetero) is 1. The molecule has 1 aromatic carbocycles. The Kier molecular flexibility index (Phi) is 7.95. The van der Waals surface area contributed by atoms with Crippen LogP contribution in [0.5, 0.6) is 0 Å². The van der Waals surface area contributed by atoms with Crippen LogP contribution < -0.4 is 5.32 Å². The van der Waals surface area contributed by atoms with E-state index in [1.807, 2.05) is 5.32 Å². The van der Waals surface area contributed by atoms with Gasteiger partial charge in [0.15, 0.2) is 11.5 Å². The topological polar surface area (TPSA) is 101 Å². The molecule has 1 amide bonds. The third-order valence-electron chi connectivity index (χ3n) is 8.15. The van der Waals surface area contributed by atoms with Crippen LogP contribution in [-0.4, -0.2) is 44.8 Å². The van der Waals surface area contributed by atoms with Crippen LogP contribution >= 0.6 is 11.6 Å². The highest BCUT2D eigenvalue weighted by Crippen LogP contribution is 2.60. The van der Waals surface area contributed by atoms with Crippen molar-refractivity contribution < 1.29 is 50.2 Å². The molecule has 0 bridgehead atoms. The summed E-state index contributed by atoms with van der Waals surface area (Å²) < 4.78 is 99.0. The predicted molar refractivity (Wildman–Crippen MR) is 130 cm³/mol. The molecule has 4 rings (SSSR count). The summed E-state index contributed by atoms with van der Waals surface area (Å²) in [5.74, 6) is -4.85. The van der Waals surface area contributed by atoms with Gasteiger partial charge < -0.3 is 10.4 Å². The van der Waals surface area contributed by atoms with Crippen LogP contribution in [-0.2, 0) is 11.0 Å². The summed E-state index contributed by atoms with van der Waals surface area (Å²) in [6, 6.07) is 0.495. The van der Waals surface area contributed by atoms with Crippen molar-refractivity contribution in [3.8, 4) is 0 Å². The molecular weight excluding hydrogens is 587 g/mol. The minimum Gasteiger partial charge on any atom is -0.481 e. The quantitative estimate of drug-likeness (QED) is 0.258. The molecule has 15 heteroatoms. The number of hydrogen-bond donors (Lipinski definition) is 2. The van der Waals surface area contributed by atoms with Crippen molar-refractivity contribution >= 4 is 29.3 Å². The Labute approximate surface area is 234 Å². The van der Waals surface area contributed by atoms with Crippen molar-refractivity contribution in [2.75, 3.05) is 0 Å². The Morgan fingerprint density at radius 3 is 2.22 bits per heavy atom. The molecule has 224 valence electrons. The van der Waals surface area contributed by atoms with Crippen LogP contribution in [0.3, 0.4) is 0 Å². The zero-order valence-corrected chi connectivity index (χ0v) is 22.3. The van der Waals surface area contributed by atoms with E-state index in [0.29, 0.717) is 0 Å². The molecular formula is C26H25ClF7N3O4. The monoisotopic (exact) mass is 611 g/mol. The molecule has 0 radical (unpaired) electrons. The average molecular weight is 612 g/mol. The molecule has 0 spiro atoms. The first-order valence-corrected chi connectivity index (χ1v) is 13.0. The van der Waals surface area contributed by atoms with Crippen molar-refractivity contribution in [1.82, 2.24) is 15.1 Å². The maximum Gasteiger partial charge on any atom is 0.435 e. The molecule has 1 atom stereocenters. The molecule has 7 nitrogen and oxygen atoms in total. The Hall–Kier alpha value is -3.16. The number of hydrogen-bond acceptors (Lipinski definition) is 4. The van der Waals surface area contributed by atoms with Crippen LogP contribution in [0.2, 0.25) is 5.02 Å².